The fourth-order valence-corrected chi connectivity index (χ4v) is 1.54. The topological polar surface area (TPSA) is 55.8 Å². The quantitative estimate of drug-likeness (QED) is 0.796. The van der Waals surface area contributed by atoms with Crippen molar-refractivity contribution in [3.8, 4) is 5.75 Å². The molecule has 0 aliphatic heterocycles. The van der Waals surface area contributed by atoms with Gasteiger partial charge in [-0.05, 0) is 31.5 Å². The first-order chi connectivity index (χ1) is 8.02. The van der Waals surface area contributed by atoms with Gasteiger partial charge in [0, 0.05) is 6.42 Å². The van der Waals surface area contributed by atoms with E-state index in [1.165, 1.54) is 7.11 Å². The summed E-state index contributed by atoms with van der Waals surface area (Å²) in [4.78, 5) is 11.5. The summed E-state index contributed by atoms with van der Waals surface area (Å²) in [6.45, 7) is 3.72. The van der Waals surface area contributed by atoms with Gasteiger partial charge in [0.1, 0.15) is 5.75 Å². The first kappa shape index (κ1) is 13.5. The van der Waals surface area contributed by atoms with Crippen molar-refractivity contribution in [2.24, 2.45) is 0 Å². The van der Waals surface area contributed by atoms with Gasteiger partial charge in [-0.25, -0.2) is 4.79 Å². The van der Waals surface area contributed by atoms with E-state index in [0.717, 1.165) is 5.56 Å². The van der Waals surface area contributed by atoms with E-state index in [2.05, 4.69) is 4.74 Å². The van der Waals surface area contributed by atoms with E-state index < -0.39 is 12.1 Å². The van der Waals surface area contributed by atoms with Gasteiger partial charge in [0.25, 0.3) is 0 Å². The van der Waals surface area contributed by atoms with Crippen LogP contribution in [-0.2, 0) is 20.7 Å². The summed E-state index contributed by atoms with van der Waals surface area (Å²) in [6.07, 6.45) is -0.308. The highest BCUT2D eigenvalue weighted by Crippen LogP contribution is 2.15. The second-order valence-corrected chi connectivity index (χ2v) is 4.07. The van der Waals surface area contributed by atoms with Crippen LogP contribution in [0.15, 0.2) is 24.3 Å². The molecule has 0 aliphatic carbocycles. The molecule has 0 aliphatic rings. The maximum atomic E-state index is 11.5. The molecule has 0 spiro atoms. The van der Waals surface area contributed by atoms with E-state index in [4.69, 9.17) is 4.74 Å². The third kappa shape index (κ3) is 4.44. The lowest BCUT2D eigenvalue weighted by molar-refractivity contribution is -0.156. The second-order valence-electron chi connectivity index (χ2n) is 4.07. The van der Waals surface area contributed by atoms with Crippen LogP contribution in [-0.4, -0.2) is 30.4 Å². The van der Waals surface area contributed by atoms with Crippen molar-refractivity contribution in [2.75, 3.05) is 7.11 Å². The monoisotopic (exact) mass is 238 g/mol. The second kappa shape index (κ2) is 6.25. The standard InChI is InChI=1S/C13H18O4/c1-9(2)17-12(13(15)16-3)8-10-5-4-6-11(14)7-10/h4-7,9,12,14H,8H2,1-3H3. The molecule has 1 atom stereocenters. The van der Waals surface area contributed by atoms with E-state index in [1.54, 1.807) is 18.2 Å². The van der Waals surface area contributed by atoms with Crippen LogP contribution in [0.2, 0.25) is 0 Å². The fourth-order valence-electron chi connectivity index (χ4n) is 1.54. The summed E-state index contributed by atoms with van der Waals surface area (Å²) >= 11 is 0. The Balaban J connectivity index is 2.75. The zero-order valence-electron chi connectivity index (χ0n) is 10.3. The van der Waals surface area contributed by atoms with Crippen molar-refractivity contribution >= 4 is 5.97 Å². The molecule has 4 nitrogen and oxygen atoms in total. The molecule has 0 aromatic heterocycles. The summed E-state index contributed by atoms with van der Waals surface area (Å²) in [5, 5.41) is 9.35. The maximum absolute atomic E-state index is 11.5. The number of carbonyl (C=O) groups is 1. The first-order valence-electron chi connectivity index (χ1n) is 5.54. The average molecular weight is 238 g/mol. The van der Waals surface area contributed by atoms with Crippen molar-refractivity contribution in [3.63, 3.8) is 0 Å². The van der Waals surface area contributed by atoms with Crippen LogP contribution >= 0.6 is 0 Å². The Morgan fingerprint density at radius 3 is 2.65 bits per heavy atom. The molecule has 17 heavy (non-hydrogen) atoms. The Bertz CT molecular complexity index is 373. The van der Waals surface area contributed by atoms with Gasteiger partial charge < -0.3 is 14.6 Å². The molecular formula is C13H18O4. The van der Waals surface area contributed by atoms with Crippen LogP contribution in [0.25, 0.3) is 0 Å². The SMILES string of the molecule is COC(=O)C(Cc1cccc(O)c1)OC(C)C. The first-order valence-corrected chi connectivity index (χ1v) is 5.54. The highest BCUT2D eigenvalue weighted by Gasteiger charge is 2.21. The van der Waals surface area contributed by atoms with E-state index in [-0.39, 0.29) is 11.9 Å². The van der Waals surface area contributed by atoms with E-state index in [0.29, 0.717) is 6.42 Å². The molecule has 4 heteroatoms. The fraction of sp³-hybridized carbons (Fsp3) is 0.462. The summed E-state index contributed by atoms with van der Waals surface area (Å²) in [7, 11) is 1.33. The van der Waals surface area contributed by atoms with Gasteiger partial charge in [0.05, 0.1) is 13.2 Å². The lowest BCUT2D eigenvalue weighted by Gasteiger charge is -2.18. The van der Waals surface area contributed by atoms with Crippen LogP contribution in [0.1, 0.15) is 19.4 Å². The molecule has 1 aromatic rings. The summed E-state index contributed by atoms with van der Waals surface area (Å²) < 4.78 is 10.2. The number of phenols is 1. The molecule has 1 rings (SSSR count). The van der Waals surface area contributed by atoms with Gasteiger partial charge in [-0.2, -0.15) is 0 Å². The van der Waals surface area contributed by atoms with Gasteiger partial charge in [-0.1, -0.05) is 12.1 Å². The normalized spacial score (nSPS) is 12.5. The van der Waals surface area contributed by atoms with Crippen LogP contribution < -0.4 is 0 Å². The third-order valence-corrected chi connectivity index (χ3v) is 2.23. The highest BCUT2D eigenvalue weighted by atomic mass is 16.6. The molecule has 0 heterocycles. The van der Waals surface area contributed by atoms with E-state index in [9.17, 15) is 9.90 Å². The molecule has 0 saturated heterocycles. The molecule has 0 fully saturated rings. The van der Waals surface area contributed by atoms with E-state index >= 15 is 0 Å². The van der Waals surface area contributed by atoms with Crippen LogP contribution in [0, 0.1) is 0 Å². The molecular weight excluding hydrogens is 220 g/mol. The lowest BCUT2D eigenvalue weighted by atomic mass is 10.1. The van der Waals surface area contributed by atoms with Gasteiger partial charge in [0.2, 0.25) is 0 Å². The van der Waals surface area contributed by atoms with Gasteiger partial charge in [0.15, 0.2) is 6.10 Å². The number of carbonyl (C=O) groups excluding carboxylic acids is 1. The number of hydrogen-bond donors (Lipinski definition) is 1. The average Bonchev–Trinajstić information content (AvgIpc) is 2.26. The van der Waals surface area contributed by atoms with Gasteiger partial charge in [-0.15, -0.1) is 0 Å². The smallest absolute Gasteiger partial charge is 0.335 e. The Kier molecular flexibility index (Phi) is 4.97. The molecule has 94 valence electrons. The summed E-state index contributed by atoms with van der Waals surface area (Å²) in [6, 6.07) is 6.76. The Morgan fingerprint density at radius 2 is 2.12 bits per heavy atom. The number of esters is 1. The number of rotatable bonds is 5. The maximum Gasteiger partial charge on any atom is 0.335 e. The van der Waals surface area contributed by atoms with Crippen molar-refractivity contribution in [2.45, 2.75) is 32.5 Å². The number of aromatic hydroxyl groups is 1. The third-order valence-electron chi connectivity index (χ3n) is 2.23. The molecule has 1 N–H and O–H groups in total. The van der Waals surface area contributed by atoms with Crippen molar-refractivity contribution in [3.05, 3.63) is 29.8 Å². The number of phenolic OH excluding ortho intramolecular Hbond substituents is 1. The zero-order valence-corrected chi connectivity index (χ0v) is 10.3. The van der Waals surface area contributed by atoms with Crippen molar-refractivity contribution in [1.29, 1.82) is 0 Å². The molecule has 0 amide bonds. The summed E-state index contributed by atoms with van der Waals surface area (Å²) in [5.74, 6) is -0.224. The predicted molar refractivity (Wildman–Crippen MR) is 63.8 cm³/mol. The number of ether oxygens (including phenoxy) is 2. The van der Waals surface area contributed by atoms with Gasteiger partial charge >= 0.3 is 5.97 Å². The Labute approximate surface area is 101 Å². The number of methoxy groups -OCH3 is 1. The minimum atomic E-state index is -0.637. The minimum absolute atomic E-state index is 0.0589. The predicted octanol–water partition coefficient (Wildman–Crippen LogP) is 1.90. The molecule has 0 saturated carbocycles. The lowest BCUT2D eigenvalue weighted by Crippen LogP contribution is -2.30. The van der Waals surface area contributed by atoms with Crippen LogP contribution in [0.3, 0.4) is 0 Å². The summed E-state index contributed by atoms with van der Waals surface area (Å²) in [5.41, 5.74) is 0.834. The molecule has 0 radical (unpaired) electrons. The van der Waals surface area contributed by atoms with Gasteiger partial charge in [-0.3, -0.25) is 0 Å². The number of benzene rings is 1. The Morgan fingerprint density at radius 1 is 1.41 bits per heavy atom. The number of hydrogen-bond acceptors (Lipinski definition) is 4. The molecule has 1 unspecified atom stereocenters. The largest absolute Gasteiger partial charge is 0.508 e. The van der Waals surface area contributed by atoms with Crippen molar-refractivity contribution in [1.82, 2.24) is 0 Å². The van der Waals surface area contributed by atoms with Crippen molar-refractivity contribution < 1.29 is 19.4 Å². The molecule has 1 aromatic carbocycles. The zero-order chi connectivity index (χ0) is 12.8. The molecule has 0 bridgehead atoms. The van der Waals surface area contributed by atoms with Crippen LogP contribution in [0.4, 0.5) is 0 Å². The minimum Gasteiger partial charge on any atom is -0.508 e. The Hall–Kier alpha value is -1.55. The van der Waals surface area contributed by atoms with Crippen LogP contribution in [0.5, 0.6) is 5.75 Å². The highest BCUT2D eigenvalue weighted by molar-refractivity contribution is 5.75. The van der Waals surface area contributed by atoms with E-state index in [1.807, 2.05) is 19.9 Å².